The Hall–Kier alpha value is -2.88. The van der Waals surface area contributed by atoms with Gasteiger partial charge >= 0.3 is 11.9 Å². The fourth-order valence-corrected chi connectivity index (χ4v) is 2.06. The number of rotatable bonds is 7. The van der Waals surface area contributed by atoms with Crippen LogP contribution < -0.4 is 0 Å². The molecule has 0 fully saturated rings. The lowest BCUT2D eigenvalue weighted by atomic mass is 10.1. The fourth-order valence-electron chi connectivity index (χ4n) is 2.06. The molecule has 0 aliphatic carbocycles. The molecule has 2 aromatic rings. The van der Waals surface area contributed by atoms with Crippen molar-refractivity contribution < 1.29 is 19.1 Å². The van der Waals surface area contributed by atoms with E-state index in [4.69, 9.17) is 9.47 Å². The van der Waals surface area contributed by atoms with Gasteiger partial charge in [0.1, 0.15) is 6.10 Å². The summed E-state index contributed by atoms with van der Waals surface area (Å²) in [5, 5.41) is 0. The number of benzene rings is 2. The molecular formula is C19H18O4. The van der Waals surface area contributed by atoms with Gasteiger partial charge in [-0.25, -0.2) is 9.59 Å². The van der Waals surface area contributed by atoms with E-state index in [1.54, 1.807) is 24.3 Å². The van der Waals surface area contributed by atoms with Crippen LogP contribution in [0.3, 0.4) is 0 Å². The molecule has 0 saturated heterocycles. The summed E-state index contributed by atoms with van der Waals surface area (Å²) in [6, 6.07) is 18.2. The molecule has 0 N–H and O–H groups in total. The zero-order chi connectivity index (χ0) is 16.5. The van der Waals surface area contributed by atoms with Gasteiger partial charge in [-0.3, -0.25) is 0 Å². The number of esters is 2. The van der Waals surface area contributed by atoms with Gasteiger partial charge in [-0.1, -0.05) is 55.1 Å². The highest BCUT2D eigenvalue weighted by molar-refractivity contribution is 5.89. The van der Waals surface area contributed by atoms with Gasteiger partial charge in [-0.2, -0.15) is 0 Å². The summed E-state index contributed by atoms with van der Waals surface area (Å²) in [5.41, 5.74) is 1.34. The largest absolute Gasteiger partial charge is 0.462 e. The topological polar surface area (TPSA) is 52.6 Å². The van der Waals surface area contributed by atoms with Crippen LogP contribution in [0.4, 0.5) is 0 Å². The predicted octanol–water partition coefficient (Wildman–Crippen LogP) is 3.70. The SMILES string of the molecule is C=CC(=O)OCCC(OC(=O)c1ccccc1)c1ccccc1. The normalized spacial score (nSPS) is 11.3. The Bertz CT molecular complexity index is 650. The lowest BCUT2D eigenvalue weighted by Gasteiger charge is -2.18. The van der Waals surface area contributed by atoms with Crippen LogP contribution in [-0.2, 0) is 14.3 Å². The maximum Gasteiger partial charge on any atom is 0.338 e. The van der Waals surface area contributed by atoms with Crippen molar-refractivity contribution in [3.63, 3.8) is 0 Å². The molecule has 4 nitrogen and oxygen atoms in total. The van der Waals surface area contributed by atoms with Crippen LogP contribution in [0, 0.1) is 0 Å². The summed E-state index contributed by atoms with van der Waals surface area (Å²) in [6.45, 7) is 3.49. The molecular weight excluding hydrogens is 292 g/mol. The Morgan fingerprint density at radius 3 is 2.22 bits per heavy atom. The fraction of sp³-hybridized carbons (Fsp3) is 0.158. The molecule has 1 atom stereocenters. The summed E-state index contributed by atoms with van der Waals surface area (Å²) in [7, 11) is 0. The van der Waals surface area contributed by atoms with E-state index in [9.17, 15) is 9.59 Å². The Morgan fingerprint density at radius 1 is 1.00 bits per heavy atom. The third-order valence-electron chi connectivity index (χ3n) is 3.22. The van der Waals surface area contributed by atoms with Crippen molar-refractivity contribution in [3.05, 3.63) is 84.4 Å². The second kappa shape index (κ2) is 8.54. The van der Waals surface area contributed by atoms with Gasteiger partial charge in [0.2, 0.25) is 0 Å². The van der Waals surface area contributed by atoms with E-state index in [1.807, 2.05) is 36.4 Å². The van der Waals surface area contributed by atoms with Crippen LogP contribution in [-0.4, -0.2) is 18.5 Å². The molecule has 0 saturated carbocycles. The minimum Gasteiger partial charge on any atom is -0.462 e. The molecule has 23 heavy (non-hydrogen) atoms. The van der Waals surface area contributed by atoms with E-state index < -0.39 is 18.0 Å². The van der Waals surface area contributed by atoms with Crippen LogP contribution in [0.1, 0.15) is 28.4 Å². The van der Waals surface area contributed by atoms with E-state index in [-0.39, 0.29) is 6.61 Å². The first kappa shape index (κ1) is 16.5. The van der Waals surface area contributed by atoms with Crippen molar-refractivity contribution in [1.29, 1.82) is 0 Å². The second-order valence-corrected chi connectivity index (χ2v) is 4.83. The average molecular weight is 310 g/mol. The maximum absolute atomic E-state index is 12.2. The third-order valence-corrected chi connectivity index (χ3v) is 3.22. The number of carbonyl (C=O) groups is 2. The van der Waals surface area contributed by atoms with E-state index in [2.05, 4.69) is 6.58 Å². The van der Waals surface area contributed by atoms with Gasteiger partial charge in [0, 0.05) is 12.5 Å². The van der Waals surface area contributed by atoms with Crippen LogP contribution in [0.2, 0.25) is 0 Å². The molecule has 0 amide bonds. The van der Waals surface area contributed by atoms with E-state index in [0.29, 0.717) is 12.0 Å². The highest BCUT2D eigenvalue weighted by Crippen LogP contribution is 2.22. The van der Waals surface area contributed by atoms with Crippen molar-refractivity contribution in [2.24, 2.45) is 0 Å². The quantitative estimate of drug-likeness (QED) is 0.578. The molecule has 0 aliphatic heterocycles. The molecule has 0 aliphatic rings. The zero-order valence-corrected chi connectivity index (χ0v) is 12.7. The number of ether oxygens (including phenoxy) is 2. The van der Waals surface area contributed by atoms with Crippen LogP contribution in [0.5, 0.6) is 0 Å². The molecule has 0 heterocycles. The minimum absolute atomic E-state index is 0.145. The summed E-state index contributed by atoms with van der Waals surface area (Å²) in [6.07, 6.45) is 0.997. The lowest BCUT2D eigenvalue weighted by molar-refractivity contribution is -0.138. The van der Waals surface area contributed by atoms with Gasteiger partial charge in [-0.05, 0) is 17.7 Å². The first-order valence-electron chi connectivity index (χ1n) is 7.31. The molecule has 2 rings (SSSR count). The van der Waals surface area contributed by atoms with E-state index >= 15 is 0 Å². The number of hydrogen-bond donors (Lipinski definition) is 0. The smallest absolute Gasteiger partial charge is 0.338 e. The second-order valence-electron chi connectivity index (χ2n) is 4.83. The van der Waals surface area contributed by atoms with Crippen molar-refractivity contribution in [1.82, 2.24) is 0 Å². The van der Waals surface area contributed by atoms with Gasteiger partial charge < -0.3 is 9.47 Å². The van der Waals surface area contributed by atoms with Crippen LogP contribution in [0.15, 0.2) is 73.3 Å². The Kier molecular flexibility index (Phi) is 6.12. The van der Waals surface area contributed by atoms with Crippen molar-refractivity contribution in [3.8, 4) is 0 Å². The van der Waals surface area contributed by atoms with Crippen LogP contribution >= 0.6 is 0 Å². The van der Waals surface area contributed by atoms with E-state index in [0.717, 1.165) is 11.6 Å². The van der Waals surface area contributed by atoms with E-state index in [1.165, 1.54) is 0 Å². The Morgan fingerprint density at radius 2 is 1.61 bits per heavy atom. The third kappa shape index (κ3) is 5.11. The molecule has 118 valence electrons. The average Bonchev–Trinajstić information content (AvgIpc) is 2.62. The van der Waals surface area contributed by atoms with Gasteiger partial charge in [-0.15, -0.1) is 0 Å². The molecule has 2 aromatic carbocycles. The van der Waals surface area contributed by atoms with Gasteiger partial charge in [0.15, 0.2) is 0 Å². The summed E-state index contributed by atoms with van der Waals surface area (Å²) in [5.74, 6) is -0.902. The van der Waals surface area contributed by atoms with Crippen molar-refractivity contribution in [2.75, 3.05) is 6.61 Å². The molecule has 0 aromatic heterocycles. The molecule has 4 heteroatoms. The molecule has 0 bridgehead atoms. The van der Waals surface area contributed by atoms with Crippen LogP contribution in [0.25, 0.3) is 0 Å². The predicted molar refractivity (Wildman–Crippen MR) is 86.8 cm³/mol. The minimum atomic E-state index is -0.494. The Labute approximate surface area is 135 Å². The summed E-state index contributed by atoms with van der Waals surface area (Å²) < 4.78 is 10.6. The van der Waals surface area contributed by atoms with Crippen molar-refractivity contribution >= 4 is 11.9 Å². The Balaban J connectivity index is 2.06. The number of hydrogen-bond acceptors (Lipinski definition) is 4. The monoisotopic (exact) mass is 310 g/mol. The first-order chi connectivity index (χ1) is 11.2. The number of carbonyl (C=O) groups excluding carboxylic acids is 2. The highest BCUT2D eigenvalue weighted by Gasteiger charge is 2.18. The lowest BCUT2D eigenvalue weighted by Crippen LogP contribution is -2.14. The summed E-state index contributed by atoms with van der Waals surface area (Å²) in [4.78, 5) is 23.4. The molecule has 0 spiro atoms. The standard InChI is InChI=1S/C19H18O4/c1-2-18(20)22-14-13-17(15-9-5-3-6-10-15)23-19(21)16-11-7-4-8-12-16/h2-12,17H,1,13-14H2. The highest BCUT2D eigenvalue weighted by atomic mass is 16.6. The van der Waals surface area contributed by atoms with Gasteiger partial charge in [0.25, 0.3) is 0 Å². The van der Waals surface area contributed by atoms with Crippen molar-refractivity contribution in [2.45, 2.75) is 12.5 Å². The zero-order valence-electron chi connectivity index (χ0n) is 12.7. The summed E-state index contributed by atoms with van der Waals surface area (Å²) >= 11 is 0. The first-order valence-corrected chi connectivity index (χ1v) is 7.31. The van der Waals surface area contributed by atoms with Gasteiger partial charge in [0.05, 0.1) is 12.2 Å². The molecule has 1 unspecified atom stereocenters. The molecule has 0 radical (unpaired) electrons. The maximum atomic E-state index is 12.2.